The van der Waals surface area contributed by atoms with Gasteiger partial charge >= 0.3 is 0 Å². The van der Waals surface area contributed by atoms with E-state index in [-0.39, 0.29) is 24.8 Å². The molecule has 1 saturated heterocycles. The summed E-state index contributed by atoms with van der Waals surface area (Å²) in [5.41, 5.74) is 0.712. The van der Waals surface area contributed by atoms with Gasteiger partial charge in [-0.15, -0.1) is 0 Å². The smallest absolute Gasteiger partial charge is 0.262 e. The van der Waals surface area contributed by atoms with Crippen molar-refractivity contribution in [3.8, 4) is 0 Å². The summed E-state index contributed by atoms with van der Waals surface area (Å²) < 4.78 is 38.2. The van der Waals surface area contributed by atoms with Gasteiger partial charge in [0.15, 0.2) is 0 Å². The van der Waals surface area contributed by atoms with Crippen molar-refractivity contribution in [2.24, 2.45) is 0 Å². The van der Waals surface area contributed by atoms with E-state index in [1.165, 1.54) is 24.3 Å². The van der Waals surface area contributed by atoms with Crippen LogP contribution in [-0.4, -0.2) is 12.5 Å². The van der Waals surface area contributed by atoms with Crippen molar-refractivity contribution < 1.29 is 13.2 Å². The number of benzene rings is 1. The van der Waals surface area contributed by atoms with Crippen molar-refractivity contribution in [3.63, 3.8) is 0 Å². The minimum absolute atomic E-state index is 0.210. The summed E-state index contributed by atoms with van der Waals surface area (Å²) in [7, 11) is 0. The first kappa shape index (κ1) is 9.52. The summed E-state index contributed by atoms with van der Waals surface area (Å²) in [6, 6.07) is 5.29. The third-order valence-electron chi connectivity index (χ3n) is 2.38. The van der Waals surface area contributed by atoms with Gasteiger partial charge in [0, 0.05) is 12.5 Å². The Morgan fingerprint density at radius 1 is 1.21 bits per heavy atom. The van der Waals surface area contributed by atoms with E-state index in [9.17, 15) is 13.2 Å². The predicted octanol–water partition coefficient (Wildman–Crippen LogP) is 2.50. The highest BCUT2D eigenvalue weighted by Crippen LogP contribution is 2.33. The molecular weight excluding hydrogens is 191 g/mol. The van der Waals surface area contributed by atoms with Crippen molar-refractivity contribution in [2.75, 3.05) is 6.54 Å². The van der Waals surface area contributed by atoms with Gasteiger partial charge in [0.05, 0.1) is 6.54 Å². The Morgan fingerprint density at radius 3 is 2.36 bits per heavy atom. The first-order chi connectivity index (χ1) is 6.57. The molecule has 0 radical (unpaired) electrons. The first-order valence-corrected chi connectivity index (χ1v) is 4.43. The summed E-state index contributed by atoms with van der Waals surface area (Å²) in [4.78, 5) is 0. The Morgan fingerprint density at radius 2 is 1.86 bits per heavy atom. The maximum absolute atomic E-state index is 12.8. The van der Waals surface area contributed by atoms with E-state index in [1.54, 1.807) is 0 Å². The molecule has 14 heavy (non-hydrogen) atoms. The molecule has 1 aliphatic heterocycles. The molecule has 1 fully saturated rings. The highest BCUT2D eigenvalue weighted by atomic mass is 19.3. The standard InChI is InChI=1S/C10H10F3N/c11-8-3-1-7(2-4-8)9-5-10(12,13)6-14-9/h1-4,9,14H,5-6H2. The molecule has 1 atom stereocenters. The Labute approximate surface area is 79.9 Å². The van der Waals surface area contributed by atoms with E-state index in [0.29, 0.717) is 5.56 Å². The van der Waals surface area contributed by atoms with Crippen LogP contribution in [0.4, 0.5) is 13.2 Å². The predicted molar refractivity (Wildman–Crippen MR) is 46.7 cm³/mol. The molecule has 1 aromatic rings. The normalized spacial score (nSPS) is 25.2. The van der Waals surface area contributed by atoms with Crippen LogP contribution in [0.25, 0.3) is 0 Å². The van der Waals surface area contributed by atoms with Crippen molar-refractivity contribution in [3.05, 3.63) is 35.6 Å². The van der Waals surface area contributed by atoms with Crippen molar-refractivity contribution in [1.29, 1.82) is 0 Å². The minimum Gasteiger partial charge on any atom is -0.304 e. The van der Waals surface area contributed by atoms with Crippen LogP contribution in [0.2, 0.25) is 0 Å². The molecule has 0 amide bonds. The molecule has 0 aliphatic carbocycles. The van der Waals surface area contributed by atoms with Crippen LogP contribution in [0.3, 0.4) is 0 Å². The summed E-state index contributed by atoms with van der Waals surface area (Å²) in [5.74, 6) is -2.99. The molecule has 2 rings (SSSR count). The molecule has 0 aromatic heterocycles. The van der Waals surface area contributed by atoms with Gasteiger partial charge < -0.3 is 5.32 Å². The zero-order valence-corrected chi connectivity index (χ0v) is 7.43. The van der Waals surface area contributed by atoms with E-state index in [2.05, 4.69) is 5.32 Å². The zero-order chi connectivity index (χ0) is 10.2. The lowest BCUT2D eigenvalue weighted by Crippen LogP contribution is -2.19. The van der Waals surface area contributed by atoms with Gasteiger partial charge in [0.2, 0.25) is 0 Å². The number of nitrogens with one attached hydrogen (secondary N) is 1. The lowest BCUT2D eigenvalue weighted by molar-refractivity contribution is 0.0210. The second-order valence-electron chi connectivity index (χ2n) is 3.55. The van der Waals surface area contributed by atoms with Crippen LogP contribution >= 0.6 is 0 Å². The quantitative estimate of drug-likeness (QED) is 0.736. The number of hydrogen-bond donors (Lipinski definition) is 1. The molecule has 1 nitrogen and oxygen atoms in total. The lowest BCUT2D eigenvalue weighted by Gasteiger charge is -2.10. The molecule has 1 aliphatic rings. The molecule has 4 heteroatoms. The van der Waals surface area contributed by atoms with Crippen molar-refractivity contribution in [2.45, 2.75) is 18.4 Å². The third-order valence-corrected chi connectivity index (χ3v) is 2.38. The lowest BCUT2D eigenvalue weighted by atomic mass is 10.0. The van der Waals surface area contributed by atoms with Gasteiger partial charge in [-0.25, -0.2) is 13.2 Å². The van der Waals surface area contributed by atoms with Gasteiger partial charge in [-0.3, -0.25) is 0 Å². The van der Waals surface area contributed by atoms with Gasteiger partial charge in [-0.1, -0.05) is 12.1 Å². The highest BCUT2D eigenvalue weighted by Gasteiger charge is 2.39. The molecule has 0 spiro atoms. The number of hydrogen-bond acceptors (Lipinski definition) is 1. The fourth-order valence-electron chi connectivity index (χ4n) is 1.65. The van der Waals surface area contributed by atoms with Gasteiger partial charge in [-0.05, 0) is 17.7 Å². The van der Waals surface area contributed by atoms with Crippen LogP contribution < -0.4 is 5.32 Å². The second-order valence-corrected chi connectivity index (χ2v) is 3.55. The van der Waals surface area contributed by atoms with E-state index in [1.807, 2.05) is 0 Å². The number of halogens is 3. The average molecular weight is 201 g/mol. The average Bonchev–Trinajstić information content (AvgIpc) is 2.47. The maximum Gasteiger partial charge on any atom is 0.262 e. The Hall–Kier alpha value is -1.03. The Kier molecular flexibility index (Phi) is 2.23. The summed E-state index contributed by atoms with van der Waals surface area (Å²) >= 11 is 0. The van der Waals surface area contributed by atoms with Gasteiger partial charge in [-0.2, -0.15) is 0 Å². The Bertz CT molecular complexity index is 321. The molecule has 0 bridgehead atoms. The van der Waals surface area contributed by atoms with E-state index in [0.717, 1.165) is 0 Å². The first-order valence-electron chi connectivity index (χ1n) is 4.43. The fraction of sp³-hybridized carbons (Fsp3) is 0.400. The topological polar surface area (TPSA) is 12.0 Å². The largest absolute Gasteiger partial charge is 0.304 e. The fourth-order valence-corrected chi connectivity index (χ4v) is 1.65. The molecule has 1 unspecified atom stereocenters. The van der Waals surface area contributed by atoms with E-state index in [4.69, 9.17) is 0 Å². The van der Waals surface area contributed by atoms with Crippen LogP contribution in [0.15, 0.2) is 24.3 Å². The highest BCUT2D eigenvalue weighted by molar-refractivity contribution is 5.21. The van der Waals surface area contributed by atoms with E-state index < -0.39 is 5.92 Å². The summed E-state index contributed by atoms with van der Waals surface area (Å²) in [6.07, 6.45) is -0.210. The van der Waals surface area contributed by atoms with Crippen LogP contribution in [-0.2, 0) is 0 Å². The molecule has 1 N–H and O–H groups in total. The summed E-state index contributed by atoms with van der Waals surface area (Å²) in [5, 5.41) is 2.71. The number of rotatable bonds is 1. The van der Waals surface area contributed by atoms with E-state index >= 15 is 0 Å². The molecule has 76 valence electrons. The maximum atomic E-state index is 12.8. The van der Waals surface area contributed by atoms with Gasteiger partial charge in [0.25, 0.3) is 5.92 Å². The second kappa shape index (κ2) is 3.28. The third kappa shape index (κ3) is 1.90. The SMILES string of the molecule is Fc1ccc(C2CC(F)(F)CN2)cc1. The summed E-state index contributed by atoms with van der Waals surface area (Å²) in [6.45, 7) is -0.297. The van der Waals surface area contributed by atoms with Crippen molar-refractivity contribution >= 4 is 0 Å². The molecule has 1 aromatic carbocycles. The monoisotopic (exact) mass is 201 g/mol. The Balaban J connectivity index is 2.14. The van der Waals surface area contributed by atoms with Crippen LogP contribution in [0, 0.1) is 5.82 Å². The van der Waals surface area contributed by atoms with Crippen LogP contribution in [0.1, 0.15) is 18.0 Å². The number of alkyl halides is 2. The zero-order valence-electron chi connectivity index (χ0n) is 7.43. The molecule has 1 heterocycles. The van der Waals surface area contributed by atoms with Gasteiger partial charge in [0.1, 0.15) is 5.82 Å². The van der Waals surface area contributed by atoms with Crippen molar-refractivity contribution in [1.82, 2.24) is 5.32 Å². The minimum atomic E-state index is -2.64. The molecule has 0 saturated carbocycles. The molecular formula is C10H10F3N. The van der Waals surface area contributed by atoms with Crippen LogP contribution in [0.5, 0.6) is 0 Å².